The lowest BCUT2D eigenvalue weighted by Crippen LogP contribution is -2.27. The van der Waals surface area contributed by atoms with Crippen LogP contribution >= 0.6 is 11.3 Å². The molecular formula is C13H13N3O5S. The number of carbonyl (C=O) groups is 2. The Kier molecular flexibility index (Phi) is 4.27. The fourth-order valence-corrected chi connectivity index (χ4v) is 2.60. The average molecular weight is 323 g/mol. The third-order valence-corrected chi connectivity index (χ3v) is 3.70. The number of carbonyl (C=O) groups excluding carboxylic acids is 2. The van der Waals surface area contributed by atoms with Gasteiger partial charge in [-0.1, -0.05) is 0 Å². The van der Waals surface area contributed by atoms with Crippen LogP contribution in [0, 0.1) is 0 Å². The number of anilines is 1. The Bertz CT molecular complexity index is 808. The van der Waals surface area contributed by atoms with Gasteiger partial charge in [0.2, 0.25) is 5.75 Å². The van der Waals surface area contributed by atoms with E-state index in [0.717, 1.165) is 18.6 Å². The second kappa shape index (κ2) is 5.98. The maximum absolute atomic E-state index is 12.4. The Labute approximate surface area is 129 Å². The molecule has 0 aliphatic rings. The van der Waals surface area contributed by atoms with Crippen molar-refractivity contribution in [3.63, 3.8) is 0 Å². The Morgan fingerprint density at radius 3 is 2.59 bits per heavy atom. The van der Waals surface area contributed by atoms with Crippen LogP contribution in [0.25, 0.3) is 10.7 Å². The summed E-state index contributed by atoms with van der Waals surface area (Å²) in [6, 6.07) is 1.66. The van der Waals surface area contributed by atoms with Crippen molar-refractivity contribution < 1.29 is 19.1 Å². The predicted octanol–water partition coefficient (Wildman–Crippen LogP) is 0.803. The molecule has 2 aromatic heterocycles. The highest BCUT2D eigenvalue weighted by Crippen LogP contribution is 2.30. The van der Waals surface area contributed by atoms with Crippen molar-refractivity contribution in [2.45, 2.75) is 6.92 Å². The third kappa shape index (κ3) is 2.70. The van der Waals surface area contributed by atoms with E-state index in [0.29, 0.717) is 10.6 Å². The minimum absolute atomic E-state index is 0.189. The van der Waals surface area contributed by atoms with Crippen LogP contribution in [0.1, 0.15) is 17.4 Å². The van der Waals surface area contributed by atoms with Gasteiger partial charge in [-0.2, -0.15) is 0 Å². The molecule has 0 saturated heterocycles. The van der Waals surface area contributed by atoms with Crippen LogP contribution in [0.2, 0.25) is 0 Å². The summed E-state index contributed by atoms with van der Waals surface area (Å²) >= 11 is 1.27. The summed E-state index contributed by atoms with van der Waals surface area (Å²) < 4.78 is 10.6. The van der Waals surface area contributed by atoms with Gasteiger partial charge in [0.15, 0.2) is 11.5 Å². The van der Waals surface area contributed by atoms with Gasteiger partial charge in [-0.3, -0.25) is 14.2 Å². The van der Waals surface area contributed by atoms with Crippen molar-refractivity contribution in [2.75, 3.05) is 12.8 Å². The molecule has 0 saturated carbocycles. The van der Waals surface area contributed by atoms with Gasteiger partial charge < -0.3 is 15.2 Å². The molecule has 0 unspecified atom stereocenters. The van der Waals surface area contributed by atoms with Crippen LogP contribution in [0.3, 0.4) is 0 Å². The second-order valence-electron chi connectivity index (χ2n) is 4.27. The lowest BCUT2D eigenvalue weighted by atomic mass is 10.3. The van der Waals surface area contributed by atoms with Crippen LogP contribution in [-0.2, 0) is 16.6 Å². The van der Waals surface area contributed by atoms with Crippen LogP contribution in [0.5, 0.6) is 5.75 Å². The van der Waals surface area contributed by atoms with E-state index in [-0.39, 0.29) is 11.5 Å². The first-order chi connectivity index (χ1) is 10.4. The number of methoxy groups -OCH3 is 1. The highest BCUT2D eigenvalue weighted by molar-refractivity contribution is 7.14. The van der Waals surface area contributed by atoms with Crippen LogP contribution in [0.15, 0.2) is 16.2 Å². The molecule has 2 aromatic rings. The number of thiophene rings is 1. The zero-order valence-electron chi connectivity index (χ0n) is 12.1. The number of hydrogen-bond acceptors (Lipinski definition) is 8. The number of nitrogens with zero attached hydrogens (tertiary/aromatic N) is 2. The Balaban J connectivity index is 2.77. The quantitative estimate of drug-likeness (QED) is 0.831. The summed E-state index contributed by atoms with van der Waals surface area (Å²) in [5.41, 5.74) is 5.18. The highest BCUT2D eigenvalue weighted by Gasteiger charge is 2.25. The van der Waals surface area contributed by atoms with Gasteiger partial charge in [-0.25, -0.2) is 9.78 Å². The van der Waals surface area contributed by atoms with Crippen LogP contribution in [-0.4, -0.2) is 28.6 Å². The Morgan fingerprint density at radius 1 is 1.41 bits per heavy atom. The molecule has 9 heteroatoms. The molecule has 0 aliphatic carbocycles. The fraction of sp³-hybridized carbons (Fsp3) is 0.231. The van der Waals surface area contributed by atoms with E-state index in [4.69, 9.17) is 10.5 Å². The SMILES string of the molecule is COC(=O)c1nc(-c2sccc2N)n(C)c(=O)c1OC(C)=O. The van der Waals surface area contributed by atoms with E-state index in [1.807, 2.05) is 0 Å². The van der Waals surface area contributed by atoms with Gasteiger partial charge >= 0.3 is 11.9 Å². The Hall–Kier alpha value is -2.68. The molecule has 116 valence electrons. The summed E-state index contributed by atoms with van der Waals surface area (Å²) in [6.07, 6.45) is 0. The molecule has 8 nitrogen and oxygen atoms in total. The van der Waals surface area contributed by atoms with E-state index in [9.17, 15) is 14.4 Å². The fourth-order valence-electron chi connectivity index (χ4n) is 1.76. The number of nitrogens with two attached hydrogens (primary N) is 1. The number of aromatic nitrogens is 2. The van der Waals surface area contributed by atoms with Gasteiger partial charge in [-0.15, -0.1) is 11.3 Å². The molecule has 0 amide bonds. The first-order valence-electron chi connectivity index (χ1n) is 6.08. The molecule has 2 heterocycles. The number of hydrogen-bond donors (Lipinski definition) is 1. The summed E-state index contributed by atoms with van der Waals surface area (Å²) in [4.78, 5) is 40.0. The average Bonchev–Trinajstić information content (AvgIpc) is 2.89. The van der Waals surface area contributed by atoms with Gasteiger partial charge in [0.25, 0.3) is 5.56 Å². The summed E-state index contributed by atoms with van der Waals surface area (Å²) in [5.74, 6) is -1.91. The summed E-state index contributed by atoms with van der Waals surface area (Å²) in [6.45, 7) is 1.12. The van der Waals surface area contributed by atoms with Crippen molar-refractivity contribution in [1.29, 1.82) is 0 Å². The van der Waals surface area contributed by atoms with Crippen molar-refractivity contribution >= 4 is 29.0 Å². The normalized spacial score (nSPS) is 10.3. The number of rotatable bonds is 3. The molecule has 22 heavy (non-hydrogen) atoms. The molecular weight excluding hydrogens is 310 g/mol. The zero-order valence-corrected chi connectivity index (χ0v) is 12.9. The monoisotopic (exact) mass is 323 g/mol. The summed E-state index contributed by atoms with van der Waals surface area (Å²) in [7, 11) is 2.58. The Morgan fingerprint density at radius 2 is 2.09 bits per heavy atom. The topological polar surface area (TPSA) is 114 Å². The van der Waals surface area contributed by atoms with E-state index in [2.05, 4.69) is 9.72 Å². The minimum atomic E-state index is -0.884. The van der Waals surface area contributed by atoms with Gasteiger partial charge in [0.1, 0.15) is 0 Å². The molecule has 2 rings (SSSR count). The number of nitrogen functional groups attached to an aromatic ring is 1. The third-order valence-electron chi connectivity index (χ3n) is 2.77. The lowest BCUT2D eigenvalue weighted by Gasteiger charge is -2.12. The molecule has 0 atom stereocenters. The largest absolute Gasteiger partial charge is 0.464 e. The van der Waals surface area contributed by atoms with Crippen LogP contribution < -0.4 is 16.0 Å². The van der Waals surface area contributed by atoms with Crippen molar-refractivity contribution in [1.82, 2.24) is 9.55 Å². The first kappa shape index (κ1) is 15.7. The molecule has 0 fully saturated rings. The van der Waals surface area contributed by atoms with Crippen molar-refractivity contribution in [2.24, 2.45) is 7.05 Å². The first-order valence-corrected chi connectivity index (χ1v) is 6.95. The molecule has 0 aromatic carbocycles. The van der Waals surface area contributed by atoms with E-state index in [1.54, 1.807) is 11.4 Å². The molecule has 0 spiro atoms. The molecule has 0 bridgehead atoms. The standard InChI is InChI=1S/C13H13N3O5S/c1-6(17)21-9-8(13(19)20-3)15-11(16(2)12(9)18)10-7(14)4-5-22-10/h4-5H,14H2,1-3H3. The number of esters is 2. The molecule has 0 radical (unpaired) electrons. The molecule has 2 N–H and O–H groups in total. The molecule has 0 aliphatic heterocycles. The van der Waals surface area contributed by atoms with Gasteiger partial charge in [0, 0.05) is 14.0 Å². The van der Waals surface area contributed by atoms with E-state index < -0.39 is 23.2 Å². The minimum Gasteiger partial charge on any atom is -0.464 e. The van der Waals surface area contributed by atoms with Crippen molar-refractivity contribution in [3.8, 4) is 16.5 Å². The second-order valence-corrected chi connectivity index (χ2v) is 5.18. The highest BCUT2D eigenvalue weighted by atomic mass is 32.1. The smallest absolute Gasteiger partial charge is 0.360 e. The predicted molar refractivity (Wildman–Crippen MR) is 79.9 cm³/mol. The van der Waals surface area contributed by atoms with Gasteiger partial charge in [-0.05, 0) is 11.4 Å². The maximum atomic E-state index is 12.4. The number of ether oxygens (including phenoxy) is 2. The lowest BCUT2D eigenvalue weighted by molar-refractivity contribution is -0.132. The van der Waals surface area contributed by atoms with Crippen molar-refractivity contribution in [3.05, 3.63) is 27.5 Å². The summed E-state index contributed by atoms with van der Waals surface area (Å²) in [5, 5.41) is 1.73. The maximum Gasteiger partial charge on any atom is 0.360 e. The van der Waals surface area contributed by atoms with E-state index in [1.165, 1.54) is 18.4 Å². The van der Waals surface area contributed by atoms with Gasteiger partial charge in [0.05, 0.1) is 17.7 Å². The zero-order chi connectivity index (χ0) is 16.4. The van der Waals surface area contributed by atoms with Crippen LogP contribution in [0.4, 0.5) is 5.69 Å². The van der Waals surface area contributed by atoms with E-state index >= 15 is 0 Å².